The molecule has 1 atom stereocenters. The van der Waals surface area contributed by atoms with Crippen molar-refractivity contribution >= 4 is 17.5 Å². The summed E-state index contributed by atoms with van der Waals surface area (Å²) in [6.07, 6.45) is 2.69. The number of nitrogens with one attached hydrogen (secondary N) is 1. The van der Waals surface area contributed by atoms with E-state index in [1.165, 1.54) is 23.1 Å². The molecule has 24 heavy (non-hydrogen) atoms. The molecule has 7 heteroatoms. The number of halogens is 2. The topological polar surface area (TPSA) is 43.2 Å². The Morgan fingerprint density at radius 3 is 2.88 bits per heavy atom. The number of benzene rings is 1. The van der Waals surface area contributed by atoms with E-state index in [9.17, 15) is 9.18 Å². The average Bonchev–Trinajstić information content (AvgIpc) is 3.07. The van der Waals surface area contributed by atoms with E-state index in [-0.39, 0.29) is 17.5 Å². The number of carbonyl (C=O) groups is 1. The maximum atomic E-state index is 13.0. The molecule has 0 saturated carbocycles. The van der Waals surface area contributed by atoms with Crippen LogP contribution in [0.3, 0.4) is 0 Å². The fraction of sp³-hybridized carbons (Fsp3) is 0.588. The molecule has 1 aromatic rings. The molecule has 2 heterocycles. The molecule has 0 spiro atoms. The highest BCUT2D eigenvalue weighted by Gasteiger charge is 2.27. The average molecular weight is 358 g/mol. The Kier molecular flexibility index (Phi) is 5.92. The Balaban J connectivity index is 1.41. The summed E-state index contributed by atoms with van der Waals surface area (Å²) in [6.45, 7) is 5.15. The van der Waals surface area contributed by atoms with E-state index in [0.717, 1.165) is 52.2 Å². The van der Waals surface area contributed by atoms with Gasteiger partial charge in [0.15, 0.2) is 6.61 Å². The molecule has 0 aliphatic carbocycles. The van der Waals surface area contributed by atoms with E-state index in [4.69, 9.17) is 21.1 Å². The molecule has 0 bridgehead atoms. The quantitative estimate of drug-likeness (QED) is 0.846. The zero-order valence-electron chi connectivity index (χ0n) is 13.6. The van der Waals surface area contributed by atoms with Gasteiger partial charge in [-0.05, 0) is 31.0 Å². The predicted octanol–water partition coefficient (Wildman–Crippen LogP) is 0.764. The molecule has 2 aliphatic heterocycles. The summed E-state index contributed by atoms with van der Waals surface area (Å²) in [5.41, 5.74) is 0. The van der Waals surface area contributed by atoms with Crippen LogP contribution in [-0.2, 0) is 9.53 Å². The van der Waals surface area contributed by atoms with Crippen molar-refractivity contribution in [3.63, 3.8) is 0 Å². The first-order valence-electron chi connectivity index (χ1n) is 8.42. The number of hydrogen-bond acceptors (Lipinski definition) is 3. The number of hydrogen-bond donors (Lipinski definition) is 1. The molecule has 1 amide bonds. The fourth-order valence-electron chi connectivity index (χ4n) is 3.23. The Morgan fingerprint density at radius 2 is 2.21 bits per heavy atom. The van der Waals surface area contributed by atoms with Gasteiger partial charge < -0.3 is 19.3 Å². The third-order valence-electron chi connectivity index (χ3n) is 4.61. The lowest BCUT2D eigenvalue weighted by molar-refractivity contribution is -0.906. The van der Waals surface area contributed by atoms with Crippen LogP contribution in [0.1, 0.15) is 12.8 Å². The van der Waals surface area contributed by atoms with Gasteiger partial charge in [0.05, 0.1) is 31.2 Å². The predicted molar refractivity (Wildman–Crippen MR) is 88.0 cm³/mol. The summed E-state index contributed by atoms with van der Waals surface area (Å²) in [5.74, 6) is -0.162. The van der Waals surface area contributed by atoms with Gasteiger partial charge in [0.1, 0.15) is 24.2 Å². The van der Waals surface area contributed by atoms with Gasteiger partial charge in [-0.2, -0.15) is 0 Å². The Labute approximate surface area is 146 Å². The first kappa shape index (κ1) is 17.5. The monoisotopic (exact) mass is 357 g/mol. The van der Waals surface area contributed by atoms with Gasteiger partial charge >= 0.3 is 0 Å². The summed E-state index contributed by atoms with van der Waals surface area (Å²) in [7, 11) is 0. The van der Waals surface area contributed by atoms with E-state index in [1.54, 1.807) is 0 Å². The lowest BCUT2D eigenvalue weighted by atomic mass is 10.2. The van der Waals surface area contributed by atoms with Crippen LogP contribution in [-0.4, -0.2) is 62.8 Å². The number of quaternary nitrogens is 1. The maximum absolute atomic E-state index is 13.0. The van der Waals surface area contributed by atoms with E-state index < -0.39 is 5.82 Å². The molecule has 5 nitrogen and oxygen atoms in total. The molecule has 1 aromatic carbocycles. The van der Waals surface area contributed by atoms with Gasteiger partial charge in [0.2, 0.25) is 0 Å². The molecule has 0 aromatic heterocycles. The smallest absolute Gasteiger partial charge is 0.260 e. The van der Waals surface area contributed by atoms with Gasteiger partial charge in [0, 0.05) is 6.61 Å². The van der Waals surface area contributed by atoms with E-state index in [1.807, 2.05) is 4.90 Å². The van der Waals surface area contributed by atoms with E-state index in [2.05, 4.69) is 0 Å². The zero-order chi connectivity index (χ0) is 16.9. The lowest BCUT2D eigenvalue weighted by Crippen LogP contribution is -3.15. The van der Waals surface area contributed by atoms with Crippen molar-refractivity contribution in [2.24, 2.45) is 0 Å². The molecule has 2 fully saturated rings. The lowest BCUT2D eigenvalue weighted by Gasteiger charge is -2.33. The van der Waals surface area contributed by atoms with Gasteiger partial charge in [-0.1, -0.05) is 11.6 Å². The summed E-state index contributed by atoms with van der Waals surface area (Å²) in [6, 6.07) is 3.88. The molecule has 2 saturated heterocycles. The first-order valence-corrected chi connectivity index (χ1v) is 8.80. The SMILES string of the molecule is O=C(COc1ccc(F)cc1Cl)N1CC[NH+](C[C@H]2CCCO2)CC1. The molecule has 1 N–H and O–H groups in total. The van der Waals surface area contributed by atoms with Gasteiger partial charge in [-0.25, -0.2) is 4.39 Å². The molecular weight excluding hydrogens is 335 g/mol. The molecule has 3 rings (SSSR count). The maximum Gasteiger partial charge on any atom is 0.260 e. The minimum absolute atomic E-state index is 0.0634. The van der Waals surface area contributed by atoms with Crippen LogP contribution in [0.15, 0.2) is 18.2 Å². The van der Waals surface area contributed by atoms with Crippen LogP contribution >= 0.6 is 11.6 Å². The largest absolute Gasteiger partial charge is 0.482 e. The number of amides is 1. The van der Waals surface area contributed by atoms with Gasteiger partial charge in [-0.15, -0.1) is 0 Å². The summed E-state index contributed by atoms with van der Waals surface area (Å²) in [4.78, 5) is 15.6. The van der Waals surface area contributed by atoms with Crippen molar-refractivity contribution in [3.05, 3.63) is 29.0 Å². The van der Waals surface area contributed by atoms with Crippen molar-refractivity contribution in [3.8, 4) is 5.75 Å². The minimum Gasteiger partial charge on any atom is -0.482 e. The highest BCUT2D eigenvalue weighted by Crippen LogP contribution is 2.24. The number of nitrogens with zero attached hydrogens (tertiary/aromatic N) is 1. The van der Waals surface area contributed by atoms with Crippen LogP contribution in [0.4, 0.5) is 4.39 Å². The van der Waals surface area contributed by atoms with Crippen molar-refractivity contribution in [1.82, 2.24) is 4.90 Å². The molecular formula is C17H23ClFN2O3+. The normalized spacial score (nSPS) is 21.9. The standard InChI is InChI=1S/C17H22ClFN2O3/c18-15-10-13(19)3-4-16(15)24-12-17(22)21-7-5-20(6-8-21)11-14-2-1-9-23-14/h3-4,10,14H,1-2,5-9,11-12H2/p+1/t14-/m1/s1. The number of carbonyl (C=O) groups excluding carboxylic acids is 1. The summed E-state index contributed by atoms with van der Waals surface area (Å²) >= 11 is 5.89. The third-order valence-corrected chi connectivity index (χ3v) is 4.90. The van der Waals surface area contributed by atoms with Crippen LogP contribution in [0.5, 0.6) is 5.75 Å². The van der Waals surface area contributed by atoms with E-state index in [0.29, 0.717) is 11.9 Å². The van der Waals surface area contributed by atoms with Crippen molar-refractivity contribution in [2.75, 3.05) is 45.9 Å². The highest BCUT2D eigenvalue weighted by molar-refractivity contribution is 6.32. The van der Waals surface area contributed by atoms with E-state index >= 15 is 0 Å². The number of piperazine rings is 1. The Morgan fingerprint density at radius 1 is 1.42 bits per heavy atom. The van der Waals surface area contributed by atoms with Crippen LogP contribution in [0, 0.1) is 5.82 Å². The minimum atomic E-state index is -0.427. The number of ether oxygens (including phenoxy) is 2. The second-order valence-electron chi connectivity index (χ2n) is 6.33. The fourth-order valence-corrected chi connectivity index (χ4v) is 3.45. The molecule has 0 unspecified atom stereocenters. The second kappa shape index (κ2) is 8.14. The third kappa shape index (κ3) is 4.59. The van der Waals surface area contributed by atoms with Crippen LogP contribution < -0.4 is 9.64 Å². The van der Waals surface area contributed by atoms with Crippen molar-refractivity contribution in [2.45, 2.75) is 18.9 Å². The van der Waals surface area contributed by atoms with Gasteiger partial charge in [-0.3, -0.25) is 4.79 Å². The zero-order valence-corrected chi connectivity index (χ0v) is 14.4. The Hall–Kier alpha value is -1.37. The van der Waals surface area contributed by atoms with Gasteiger partial charge in [0.25, 0.3) is 5.91 Å². The van der Waals surface area contributed by atoms with Crippen LogP contribution in [0.25, 0.3) is 0 Å². The Bertz CT molecular complexity index is 573. The number of rotatable bonds is 5. The summed E-state index contributed by atoms with van der Waals surface area (Å²) < 4.78 is 24.1. The molecule has 132 valence electrons. The van der Waals surface area contributed by atoms with Crippen LogP contribution in [0.2, 0.25) is 5.02 Å². The first-order chi connectivity index (χ1) is 11.6. The molecule has 2 aliphatic rings. The second-order valence-corrected chi connectivity index (χ2v) is 6.74. The molecule has 0 radical (unpaired) electrons. The summed E-state index contributed by atoms with van der Waals surface area (Å²) in [5, 5.41) is 0.175. The highest BCUT2D eigenvalue weighted by atomic mass is 35.5. The van der Waals surface area contributed by atoms with Crippen molar-refractivity contribution < 1.29 is 23.6 Å². The van der Waals surface area contributed by atoms with Crippen molar-refractivity contribution in [1.29, 1.82) is 0 Å².